The molecule has 1 rings (SSSR count). The van der Waals surface area contributed by atoms with Crippen LogP contribution in [0.1, 0.15) is 0 Å². The smallest absolute Gasteiger partial charge is 0.482 e. The van der Waals surface area contributed by atoms with Crippen LogP contribution in [0.2, 0.25) is 0 Å². The highest BCUT2D eigenvalue weighted by Gasteiger charge is 2.15. The number of aromatic nitrogens is 1. The van der Waals surface area contributed by atoms with Crippen molar-refractivity contribution in [1.82, 2.24) is 4.98 Å². The van der Waals surface area contributed by atoms with Gasteiger partial charge in [0.25, 0.3) is 0 Å². The number of hydrogen-bond donors (Lipinski definition) is 3. The standard InChI is InChI=1S/C6H8BNO4/c1-12-5-3-2-4(7(10)11)6(9)8-5/h2-3,10-11H,1H3,(H,8,9). The summed E-state index contributed by atoms with van der Waals surface area (Å²) in [6, 6.07) is 2.73. The molecular formula is C6H8BNO4. The van der Waals surface area contributed by atoms with E-state index in [1.807, 2.05) is 0 Å². The number of H-pyrrole nitrogens is 1. The summed E-state index contributed by atoms with van der Waals surface area (Å²) in [5.41, 5.74) is -0.667. The average molecular weight is 169 g/mol. The molecule has 1 heterocycles. The first-order valence-corrected chi connectivity index (χ1v) is 3.28. The maximum atomic E-state index is 11.0. The van der Waals surface area contributed by atoms with Gasteiger partial charge in [-0.1, -0.05) is 6.07 Å². The molecule has 0 aliphatic heterocycles. The maximum Gasteiger partial charge on any atom is 0.494 e. The van der Waals surface area contributed by atoms with E-state index in [1.54, 1.807) is 0 Å². The fourth-order valence-corrected chi connectivity index (χ4v) is 0.789. The minimum Gasteiger partial charge on any atom is -0.482 e. The topological polar surface area (TPSA) is 82.5 Å². The number of aromatic amines is 1. The van der Waals surface area contributed by atoms with Crippen molar-refractivity contribution in [3.63, 3.8) is 0 Å². The first-order chi connectivity index (χ1) is 5.65. The van der Waals surface area contributed by atoms with Gasteiger partial charge in [0, 0.05) is 5.46 Å². The van der Waals surface area contributed by atoms with E-state index in [0.29, 0.717) is 0 Å². The average Bonchev–Trinajstić information content (AvgIpc) is 2.03. The first kappa shape index (κ1) is 8.83. The third-order valence-electron chi connectivity index (χ3n) is 1.41. The summed E-state index contributed by atoms with van der Waals surface area (Å²) in [4.78, 5) is 13.3. The Morgan fingerprint density at radius 2 is 2.17 bits per heavy atom. The Kier molecular flexibility index (Phi) is 2.52. The fraction of sp³-hybridized carbons (Fsp3) is 0.167. The second kappa shape index (κ2) is 3.42. The Balaban J connectivity index is 3.12. The van der Waals surface area contributed by atoms with Gasteiger partial charge in [0.15, 0.2) is 5.88 Å². The van der Waals surface area contributed by atoms with Crippen LogP contribution < -0.4 is 15.8 Å². The highest BCUT2D eigenvalue weighted by Crippen LogP contribution is 1.96. The molecule has 0 spiro atoms. The predicted molar refractivity (Wildman–Crippen MR) is 43.4 cm³/mol. The van der Waals surface area contributed by atoms with Gasteiger partial charge < -0.3 is 14.8 Å². The van der Waals surface area contributed by atoms with Gasteiger partial charge in [-0.05, 0) is 6.07 Å². The Hall–Kier alpha value is -1.27. The van der Waals surface area contributed by atoms with Gasteiger partial charge in [-0.2, -0.15) is 0 Å². The van der Waals surface area contributed by atoms with Crippen molar-refractivity contribution in [2.24, 2.45) is 0 Å². The van der Waals surface area contributed by atoms with Crippen molar-refractivity contribution < 1.29 is 14.8 Å². The second-order valence-electron chi connectivity index (χ2n) is 2.18. The van der Waals surface area contributed by atoms with Gasteiger partial charge in [-0.25, -0.2) is 0 Å². The Labute approximate surface area is 68.8 Å². The number of methoxy groups -OCH3 is 1. The summed E-state index contributed by atoms with van der Waals surface area (Å²) in [6.45, 7) is 0. The van der Waals surface area contributed by atoms with Crippen LogP contribution in [0.4, 0.5) is 0 Å². The van der Waals surface area contributed by atoms with Crippen LogP contribution >= 0.6 is 0 Å². The van der Waals surface area contributed by atoms with Crippen LogP contribution in [0.5, 0.6) is 5.88 Å². The van der Waals surface area contributed by atoms with Crippen LogP contribution in [0, 0.1) is 0 Å². The molecule has 1 aromatic rings. The number of ether oxygens (including phenoxy) is 1. The van der Waals surface area contributed by atoms with Crippen molar-refractivity contribution in [2.45, 2.75) is 0 Å². The number of pyridine rings is 1. The van der Waals surface area contributed by atoms with Crippen LogP contribution in [0.3, 0.4) is 0 Å². The van der Waals surface area contributed by atoms with Gasteiger partial charge in [-0.3, -0.25) is 9.78 Å². The molecule has 6 heteroatoms. The lowest BCUT2D eigenvalue weighted by molar-refractivity contribution is 0.396. The molecule has 1 aromatic heterocycles. The molecule has 0 saturated carbocycles. The molecule has 0 aliphatic carbocycles. The summed E-state index contributed by atoms with van der Waals surface area (Å²) in [5.74, 6) is 0.282. The zero-order valence-electron chi connectivity index (χ0n) is 6.44. The minimum atomic E-state index is -1.75. The third kappa shape index (κ3) is 1.66. The summed E-state index contributed by atoms with van der Waals surface area (Å²) in [6.07, 6.45) is 0. The maximum absolute atomic E-state index is 11.0. The van der Waals surface area contributed by atoms with Gasteiger partial charge in [0.05, 0.1) is 7.11 Å². The van der Waals surface area contributed by atoms with E-state index in [1.165, 1.54) is 19.2 Å². The Bertz CT molecular complexity index is 322. The van der Waals surface area contributed by atoms with Gasteiger partial charge in [0.1, 0.15) is 0 Å². The quantitative estimate of drug-likeness (QED) is 0.450. The minimum absolute atomic E-state index is 0.101. The van der Waals surface area contributed by atoms with Crippen molar-refractivity contribution in [2.75, 3.05) is 7.11 Å². The van der Waals surface area contributed by atoms with Crippen molar-refractivity contribution in [1.29, 1.82) is 0 Å². The van der Waals surface area contributed by atoms with Crippen LogP contribution in [0.25, 0.3) is 0 Å². The highest BCUT2D eigenvalue weighted by atomic mass is 16.5. The second-order valence-corrected chi connectivity index (χ2v) is 2.18. The van der Waals surface area contributed by atoms with Crippen LogP contribution in [-0.4, -0.2) is 29.3 Å². The van der Waals surface area contributed by atoms with E-state index >= 15 is 0 Å². The molecule has 64 valence electrons. The zero-order valence-corrected chi connectivity index (χ0v) is 6.44. The zero-order chi connectivity index (χ0) is 9.14. The molecule has 0 atom stereocenters. The Morgan fingerprint density at radius 1 is 1.50 bits per heavy atom. The molecule has 0 amide bonds. The highest BCUT2D eigenvalue weighted by molar-refractivity contribution is 6.58. The van der Waals surface area contributed by atoms with Crippen LogP contribution in [0.15, 0.2) is 16.9 Å². The van der Waals surface area contributed by atoms with E-state index in [0.717, 1.165) is 0 Å². The number of rotatable bonds is 2. The van der Waals surface area contributed by atoms with E-state index in [-0.39, 0.29) is 11.3 Å². The van der Waals surface area contributed by atoms with Crippen LogP contribution in [-0.2, 0) is 0 Å². The monoisotopic (exact) mass is 169 g/mol. The molecule has 3 N–H and O–H groups in total. The third-order valence-corrected chi connectivity index (χ3v) is 1.41. The van der Waals surface area contributed by atoms with Gasteiger partial charge >= 0.3 is 7.12 Å². The van der Waals surface area contributed by atoms with E-state index in [9.17, 15) is 4.79 Å². The molecule has 0 fully saturated rings. The van der Waals surface area contributed by atoms with E-state index in [4.69, 9.17) is 14.8 Å². The molecule has 0 radical (unpaired) electrons. The molecule has 0 aliphatic rings. The predicted octanol–water partition coefficient (Wildman–Crippen LogP) is -1.94. The summed E-state index contributed by atoms with van der Waals surface area (Å²) < 4.78 is 4.71. The molecule has 0 aromatic carbocycles. The number of nitrogens with one attached hydrogen (secondary N) is 1. The summed E-state index contributed by atoms with van der Waals surface area (Å²) in [5, 5.41) is 17.3. The molecule has 0 bridgehead atoms. The largest absolute Gasteiger partial charge is 0.494 e. The Morgan fingerprint density at radius 3 is 2.58 bits per heavy atom. The molecule has 0 unspecified atom stereocenters. The molecular weight excluding hydrogens is 161 g/mol. The van der Waals surface area contributed by atoms with E-state index in [2.05, 4.69) is 4.98 Å². The molecule has 12 heavy (non-hydrogen) atoms. The lowest BCUT2D eigenvalue weighted by Gasteiger charge is -2.00. The SMILES string of the molecule is COc1ccc(B(O)O)c(=O)[nH]1. The lowest BCUT2D eigenvalue weighted by Crippen LogP contribution is -2.42. The van der Waals surface area contributed by atoms with Crippen molar-refractivity contribution in [3.05, 3.63) is 22.5 Å². The fourth-order valence-electron chi connectivity index (χ4n) is 0.789. The molecule has 0 saturated heterocycles. The van der Waals surface area contributed by atoms with Crippen molar-refractivity contribution >= 4 is 12.6 Å². The van der Waals surface area contributed by atoms with Gasteiger partial charge in [-0.15, -0.1) is 0 Å². The molecule has 5 nitrogen and oxygen atoms in total. The first-order valence-electron chi connectivity index (χ1n) is 3.28. The summed E-state index contributed by atoms with van der Waals surface area (Å²) >= 11 is 0. The number of hydrogen-bond acceptors (Lipinski definition) is 4. The summed E-state index contributed by atoms with van der Waals surface area (Å²) in [7, 11) is -0.347. The van der Waals surface area contributed by atoms with Crippen molar-refractivity contribution in [3.8, 4) is 5.88 Å². The van der Waals surface area contributed by atoms with Gasteiger partial charge in [0.2, 0.25) is 5.56 Å². The lowest BCUT2D eigenvalue weighted by atomic mass is 9.81. The normalized spacial score (nSPS) is 9.58. The van der Waals surface area contributed by atoms with E-state index < -0.39 is 12.7 Å².